The van der Waals surface area contributed by atoms with Gasteiger partial charge in [0.25, 0.3) is 0 Å². The van der Waals surface area contributed by atoms with Crippen molar-refractivity contribution in [2.75, 3.05) is 0 Å². The van der Waals surface area contributed by atoms with Gasteiger partial charge in [0.2, 0.25) is 0 Å². The Morgan fingerprint density at radius 3 is 2.27 bits per heavy atom. The molecule has 70 valence electrons. The summed E-state index contributed by atoms with van der Waals surface area (Å²) in [6.45, 7) is 0. The number of thiocarbonyl (C=S) groups is 1. The van der Waals surface area contributed by atoms with Crippen molar-refractivity contribution < 1.29 is 56.5 Å². The molecule has 0 amide bonds. The Balaban J connectivity index is 0.00000196. The summed E-state index contributed by atoms with van der Waals surface area (Å²) in [6.07, 6.45) is 0. The van der Waals surface area contributed by atoms with Gasteiger partial charge >= 0.3 is 51.4 Å². The van der Waals surface area contributed by atoms with Crippen LogP contribution >= 0.6 is 24.8 Å². The average molecular weight is 260 g/mol. The van der Waals surface area contributed by atoms with E-state index in [1.54, 1.807) is 24.3 Å². The van der Waals surface area contributed by atoms with Crippen LogP contribution in [-0.4, -0.2) is 9.30 Å². The number of aliphatic hydroxyl groups excluding tert-OH is 1. The van der Waals surface area contributed by atoms with Gasteiger partial charge in [-0.3, -0.25) is 0 Å². The molecular weight excluding hydrogens is 253 g/mol. The second-order valence-electron chi connectivity index (χ2n) is 2.51. The fraction of sp³-hybridized carbons (Fsp3) is 0. The van der Waals surface area contributed by atoms with Crippen molar-refractivity contribution in [1.29, 1.82) is 5.26 Å². The predicted molar refractivity (Wildman–Crippen MR) is 63.2 cm³/mol. The Morgan fingerprint density at radius 2 is 1.87 bits per heavy atom. The maximum Gasteiger partial charge on any atom is 1.00 e. The molecule has 1 N–H and O–H groups in total. The molecular formula is C10H7KNOS2+. The van der Waals surface area contributed by atoms with E-state index in [0.717, 1.165) is 0 Å². The molecule has 1 aromatic carbocycles. The summed E-state index contributed by atoms with van der Waals surface area (Å²) >= 11 is 8.57. The van der Waals surface area contributed by atoms with Crippen LogP contribution in [0.4, 0.5) is 0 Å². The molecule has 0 saturated carbocycles. The summed E-state index contributed by atoms with van der Waals surface area (Å²) in [7, 11) is 0. The normalized spacial score (nSPS) is 10.7. The third kappa shape index (κ3) is 4.37. The Morgan fingerprint density at radius 1 is 1.33 bits per heavy atom. The van der Waals surface area contributed by atoms with Crippen molar-refractivity contribution in [3.05, 3.63) is 41.5 Å². The molecule has 0 unspecified atom stereocenters. The molecule has 0 fully saturated rings. The first-order valence-electron chi connectivity index (χ1n) is 3.79. The fourth-order valence-electron chi connectivity index (χ4n) is 0.942. The van der Waals surface area contributed by atoms with Crippen molar-refractivity contribution in [1.82, 2.24) is 0 Å². The number of rotatable bonds is 2. The van der Waals surface area contributed by atoms with Crippen molar-refractivity contribution >= 4 is 34.8 Å². The van der Waals surface area contributed by atoms with Gasteiger partial charge in [-0.2, -0.15) is 5.26 Å². The van der Waals surface area contributed by atoms with E-state index in [4.69, 9.17) is 17.5 Å². The monoisotopic (exact) mass is 260 g/mol. The minimum atomic E-state index is -0.131. The average Bonchev–Trinajstić information content (AvgIpc) is 2.19. The van der Waals surface area contributed by atoms with Crippen LogP contribution in [0.15, 0.2) is 35.9 Å². The second-order valence-corrected chi connectivity index (χ2v) is 3.66. The summed E-state index contributed by atoms with van der Waals surface area (Å²) in [4.78, 5) is 0. The molecule has 1 aromatic rings. The van der Waals surface area contributed by atoms with Gasteiger partial charge in [-0.15, -0.1) is 12.6 Å². The van der Waals surface area contributed by atoms with Gasteiger partial charge in [0.15, 0.2) is 0 Å². The Hall–Kier alpha value is 0.326. The smallest absolute Gasteiger partial charge is 0.506 e. The van der Waals surface area contributed by atoms with Gasteiger partial charge in [0.05, 0.1) is 4.20 Å². The summed E-state index contributed by atoms with van der Waals surface area (Å²) in [5.41, 5.74) is 0.579. The zero-order valence-corrected chi connectivity index (χ0v) is 13.0. The number of aliphatic hydroxyl groups is 1. The summed E-state index contributed by atoms with van der Waals surface area (Å²) in [5, 5.41) is 18.4. The molecule has 0 aliphatic rings. The first kappa shape index (κ1) is 15.3. The van der Waals surface area contributed by atoms with Crippen molar-refractivity contribution in [2.45, 2.75) is 0 Å². The van der Waals surface area contributed by atoms with Crippen LogP contribution in [0.1, 0.15) is 5.56 Å². The van der Waals surface area contributed by atoms with Gasteiger partial charge in [-0.25, -0.2) is 0 Å². The zero-order valence-electron chi connectivity index (χ0n) is 8.14. The van der Waals surface area contributed by atoms with Crippen LogP contribution in [0.2, 0.25) is 0 Å². The van der Waals surface area contributed by atoms with Gasteiger partial charge in [0, 0.05) is 5.56 Å². The Labute approximate surface area is 142 Å². The maximum absolute atomic E-state index is 9.67. The van der Waals surface area contributed by atoms with Gasteiger partial charge in [-0.1, -0.05) is 42.5 Å². The molecule has 0 saturated heterocycles. The van der Waals surface area contributed by atoms with Crippen LogP contribution in [0.25, 0.3) is 5.76 Å². The molecule has 0 spiro atoms. The van der Waals surface area contributed by atoms with Crippen LogP contribution < -0.4 is 51.4 Å². The van der Waals surface area contributed by atoms with E-state index in [0.29, 0.717) is 5.56 Å². The Kier molecular flexibility index (Phi) is 7.74. The van der Waals surface area contributed by atoms with Gasteiger partial charge in [-0.05, 0) is 0 Å². The number of nitriles is 1. The molecule has 15 heavy (non-hydrogen) atoms. The SMILES string of the molecule is N#C/C(C(=S)S)=C(/O)c1ccccc1.[K+]. The second kappa shape index (κ2) is 7.58. The number of hydrogen-bond acceptors (Lipinski definition) is 3. The minimum Gasteiger partial charge on any atom is -0.506 e. The van der Waals surface area contributed by atoms with E-state index in [-0.39, 0.29) is 66.9 Å². The standard InChI is InChI=1S/C10H7NOS2.K/c11-6-8(10(13)14)9(12)7-4-2-1-3-5-7;/h1-5,12H,(H,13,14);/q;+1/b9-8-;. The topological polar surface area (TPSA) is 44.0 Å². The molecule has 1 rings (SSSR count). The number of benzene rings is 1. The van der Waals surface area contributed by atoms with Crippen LogP contribution in [0.3, 0.4) is 0 Å². The van der Waals surface area contributed by atoms with Crippen molar-refractivity contribution in [2.24, 2.45) is 0 Å². The van der Waals surface area contributed by atoms with Crippen molar-refractivity contribution in [3.8, 4) is 6.07 Å². The third-order valence-corrected chi connectivity index (χ3v) is 2.04. The van der Waals surface area contributed by atoms with Gasteiger partial charge in [0.1, 0.15) is 17.4 Å². The minimum absolute atomic E-state index is 0. The quantitative estimate of drug-likeness (QED) is 0.192. The van der Waals surface area contributed by atoms with Gasteiger partial charge < -0.3 is 5.11 Å². The molecule has 0 aliphatic carbocycles. The van der Waals surface area contributed by atoms with Crippen LogP contribution in [0.5, 0.6) is 0 Å². The van der Waals surface area contributed by atoms with E-state index in [2.05, 4.69) is 12.6 Å². The fourth-order valence-corrected chi connectivity index (χ4v) is 1.24. The van der Waals surface area contributed by atoms with Crippen LogP contribution in [0, 0.1) is 11.3 Å². The van der Waals surface area contributed by atoms with Crippen molar-refractivity contribution in [3.63, 3.8) is 0 Å². The Bertz CT molecular complexity index is 423. The molecule has 5 heteroatoms. The predicted octanol–water partition coefficient (Wildman–Crippen LogP) is -0.260. The number of thiol groups is 1. The third-order valence-electron chi connectivity index (χ3n) is 1.61. The molecule has 2 nitrogen and oxygen atoms in total. The maximum atomic E-state index is 9.67. The summed E-state index contributed by atoms with van der Waals surface area (Å²) in [6, 6.07) is 10.6. The van der Waals surface area contributed by atoms with E-state index in [1.165, 1.54) is 0 Å². The summed E-state index contributed by atoms with van der Waals surface area (Å²) in [5.74, 6) is -0.131. The first-order valence-corrected chi connectivity index (χ1v) is 4.64. The molecule has 0 radical (unpaired) electrons. The molecule has 0 atom stereocenters. The van der Waals surface area contributed by atoms with E-state index >= 15 is 0 Å². The molecule has 0 aromatic heterocycles. The largest absolute Gasteiger partial charge is 1.00 e. The van der Waals surface area contributed by atoms with Crippen LogP contribution in [-0.2, 0) is 0 Å². The van der Waals surface area contributed by atoms with E-state index in [1.807, 2.05) is 12.1 Å². The molecule has 0 bridgehead atoms. The number of nitrogens with zero attached hydrogens (tertiary/aromatic N) is 1. The summed E-state index contributed by atoms with van der Waals surface area (Å²) < 4.78 is 0.0915. The first-order chi connectivity index (χ1) is 6.66. The van der Waals surface area contributed by atoms with E-state index < -0.39 is 0 Å². The molecule has 0 aliphatic heterocycles. The molecule has 0 heterocycles. The number of hydrogen-bond donors (Lipinski definition) is 2. The van der Waals surface area contributed by atoms with E-state index in [9.17, 15) is 5.11 Å². The zero-order chi connectivity index (χ0) is 10.6.